The van der Waals surface area contributed by atoms with Crippen LogP contribution in [0.15, 0.2) is 18.2 Å². The number of hydrogen-bond acceptors (Lipinski definition) is 2. The number of aliphatic hydroxyl groups is 1. The number of likely N-dealkylation sites (N-methyl/N-ethyl adjacent to an activating group) is 1. The SMILES string of the molecule is CCN(CC(C)(C)O)C(=O)c1cc(Cl)ccc1F. The third-order valence-corrected chi connectivity index (χ3v) is 2.64. The van der Waals surface area contributed by atoms with Crippen molar-refractivity contribution in [3.05, 3.63) is 34.6 Å². The molecule has 0 bridgehead atoms. The Morgan fingerprint density at radius 2 is 2.11 bits per heavy atom. The lowest BCUT2D eigenvalue weighted by atomic mass is 10.1. The topological polar surface area (TPSA) is 40.5 Å². The number of amides is 1. The van der Waals surface area contributed by atoms with Gasteiger partial charge in [-0.15, -0.1) is 0 Å². The zero-order valence-electron chi connectivity index (χ0n) is 10.7. The fraction of sp³-hybridized carbons (Fsp3) is 0.462. The highest BCUT2D eigenvalue weighted by atomic mass is 35.5. The van der Waals surface area contributed by atoms with Gasteiger partial charge in [-0.3, -0.25) is 4.79 Å². The predicted octanol–water partition coefficient (Wildman–Crippen LogP) is 2.71. The van der Waals surface area contributed by atoms with Crippen LogP contribution in [0.4, 0.5) is 4.39 Å². The Morgan fingerprint density at radius 3 is 2.61 bits per heavy atom. The van der Waals surface area contributed by atoms with E-state index in [4.69, 9.17) is 11.6 Å². The van der Waals surface area contributed by atoms with E-state index in [1.54, 1.807) is 20.8 Å². The van der Waals surface area contributed by atoms with Crippen LogP contribution in [0.2, 0.25) is 5.02 Å². The van der Waals surface area contributed by atoms with Gasteiger partial charge in [0.1, 0.15) is 5.82 Å². The lowest BCUT2D eigenvalue weighted by Gasteiger charge is -2.28. The summed E-state index contributed by atoms with van der Waals surface area (Å²) in [5, 5.41) is 10.0. The average molecular weight is 274 g/mol. The van der Waals surface area contributed by atoms with Crippen LogP contribution in [0, 0.1) is 5.82 Å². The second kappa shape index (κ2) is 5.67. The molecule has 1 N–H and O–H groups in total. The van der Waals surface area contributed by atoms with Gasteiger partial charge >= 0.3 is 0 Å². The van der Waals surface area contributed by atoms with Gasteiger partial charge in [0.15, 0.2) is 0 Å². The molecule has 0 radical (unpaired) electrons. The monoisotopic (exact) mass is 273 g/mol. The highest BCUT2D eigenvalue weighted by Crippen LogP contribution is 2.18. The van der Waals surface area contributed by atoms with Crippen LogP contribution in [0.3, 0.4) is 0 Å². The number of hydrogen-bond donors (Lipinski definition) is 1. The van der Waals surface area contributed by atoms with Gasteiger partial charge in [-0.05, 0) is 39.0 Å². The fourth-order valence-corrected chi connectivity index (χ4v) is 1.80. The maximum absolute atomic E-state index is 13.6. The van der Waals surface area contributed by atoms with Crippen molar-refractivity contribution in [1.82, 2.24) is 4.90 Å². The summed E-state index contributed by atoms with van der Waals surface area (Å²) in [6, 6.07) is 3.85. The van der Waals surface area contributed by atoms with Crippen molar-refractivity contribution in [2.75, 3.05) is 13.1 Å². The van der Waals surface area contributed by atoms with Crippen LogP contribution in [0.25, 0.3) is 0 Å². The van der Waals surface area contributed by atoms with E-state index in [0.717, 1.165) is 6.07 Å². The van der Waals surface area contributed by atoms with Gasteiger partial charge in [-0.2, -0.15) is 0 Å². The number of carbonyl (C=O) groups excluding carboxylic acids is 1. The smallest absolute Gasteiger partial charge is 0.256 e. The van der Waals surface area contributed by atoms with Crippen LogP contribution in [-0.2, 0) is 0 Å². The molecule has 100 valence electrons. The molecular weight excluding hydrogens is 257 g/mol. The van der Waals surface area contributed by atoms with E-state index in [2.05, 4.69) is 0 Å². The van der Waals surface area contributed by atoms with Crippen molar-refractivity contribution in [2.45, 2.75) is 26.4 Å². The standard InChI is InChI=1S/C13H17ClFNO2/c1-4-16(8-13(2,3)18)12(17)10-7-9(14)5-6-11(10)15/h5-7,18H,4,8H2,1-3H3. The molecule has 5 heteroatoms. The van der Waals surface area contributed by atoms with Gasteiger partial charge < -0.3 is 10.0 Å². The first-order valence-corrected chi connectivity index (χ1v) is 6.09. The summed E-state index contributed by atoms with van der Waals surface area (Å²) in [4.78, 5) is 13.5. The number of carbonyl (C=O) groups is 1. The number of rotatable bonds is 4. The van der Waals surface area contributed by atoms with Crippen LogP contribution >= 0.6 is 11.6 Å². The van der Waals surface area contributed by atoms with Crippen molar-refractivity contribution >= 4 is 17.5 Å². The highest BCUT2D eigenvalue weighted by molar-refractivity contribution is 6.31. The lowest BCUT2D eigenvalue weighted by Crippen LogP contribution is -2.42. The number of benzene rings is 1. The Morgan fingerprint density at radius 1 is 1.50 bits per heavy atom. The summed E-state index contributed by atoms with van der Waals surface area (Å²) < 4.78 is 13.6. The molecule has 0 aliphatic rings. The molecule has 0 saturated heterocycles. The van der Waals surface area contributed by atoms with Crippen molar-refractivity contribution < 1.29 is 14.3 Å². The molecule has 0 spiro atoms. The van der Waals surface area contributed by atoms with Gasteiger partial charge in [-0.25, -0.2) is 4.39 Å². The Kier molecular flexibility index (Phi) is 4.71. The Hall–Kier alpha value is -1.13. The van der Waals surface area contributed by atoms with E-state index in [-0.39, 0.29) is 12.1 Å². The van der Waals surface area contributed by atoms with Gasteiger partial charge in [0, 0.05) is 18.1 Å². The van der Waals surface area contributed by atoms with Crippen molar-refractivity contribution in [3.63, 3.8) is 0 Å². The number of nitrogens with zero attached hydrogens (tertiary/aromatic N) is 1. The minimum absolute atomic E-state index is 0.0754. The van der Waals surface area contributed by atoms with Crippen LogP contribution in [0.1, 0.15) is 31.1 Å². The van der Waals surface area contributed by atoms with Gasteiger partial charge in [0.2, 0.25) is 0 Å². The molecular formula is C13H17ClFNO2. The first kappa shape index (κ1) is 14.9. The Balaban J connectivity index is 3.00. The fourth-order valence-electron chi connectivity index (χ4n) is 1.63. The largest absolute Gasteiger partial charge is 0.389 e. The molecule has 0 aliphatic heterocycles. The normalized spacial score (nSPS) is 11.4. The molecule has 0 aliphatic carbocycles. The quantitative estimate of drug-likeness (QED) is 0.916. The molecule has 1 aromatic carbocycles. The predicted molar refractivity (Wildman–Crippen MR) is 69.3 cm³/mol. The van der Waals surface area contributed by atoms with Gasteiger partial charge in [0.05, 0.1) is 11.2 Å². The van der Waals surface area contributed by atoms with Gasteiger partial charge in [-0.1, -0.05) is 11.6 Å². The van der Waals surface area contributed by atoms with E-state index in [1.165, 1.54) is 17.0 Å². The minimum atomic E-state index is -1.03. The molecule has 0 fully saturated rings. The Bertz CT molecular complexity index is 443. The molecule has 1 aromatic rings. The molecule has 18 heavy (non-hydrogen) atoms. The van der Waals surface area contributed by atoms with Crippen LogP contribution in [0.5, 0.6) is 0 Å². The molecule has 0 atom stereocenters. The van der Waals surface area contributed by atoms with Crippen molar-refractivity contribution in [2.24, 2.45) is 0 Å². The summed E-state index contributed by atoms with van der Waals surface area (Å²) in [7, 11) is 0. The second-order valence-electron chi connectivity index (χ2n) is 4.76. The maximum atomic E-state index is 13.6. The maximum Gasteiger partial charge on any atom is 0.256 e. The zero-order chi connectivity index (χ0) is 13.9. The second-order valence-corrected chi connectivity index (χ2v) is 5.19. The third-order valence-electron chi connectivity index (χ3n) is 2.41. The first-order valence-electron chi connectivity index (χ1n) is 5.71. The van der Waals surface area contributed by atoms with E-state index in [9.17, 15) is 14.3 Å². The molecule has 0 heterocycles. The summed E-state index contributed by atoms with van der Waals surface area (Å²) >= 11 is 5.76. The van der Waals surface area contributed by atoms with Crippen LogP contribution < -0.4 is 0 Å². The van der Waals surface area contributed by atoms with E-state index in [1.807, 2.05) is 0 Å². The van der Waals surface area contributed by atoms with E-state index < -0.39 is 17.3 Å². The molecule has 0 aromatic heterocycles. The average Bonchev–Trinajstić information content (AvgIpc) is 2.27. The van der Waals surface area contributed by atoms with Crippen molar-refractivity contribution in [3.8, 4) is 0 Å². The van der Waals surface area contributed by atoms with Crippen LogP contribution in [-0.4, -0.2) is 34.6 Å². The Labute approximate surface area is 111 Å². The zero-order valence-corrected chi connectivity index (χ0v) is 11.5. The molecule has 3 nitrogen and oxygen atoms in total. The molecule has 1 amide bonds. The first-order chi connectivity index (χ1) is 8.24. The third kappa shape index (κ3) is 3.96. The van der Waals surface area contributed by atoms with E-state index in [0.29, 0.717) is 11.6 Å². The summed E-state index contributed by atoms with van der Waals surface area (Å²) in [5.41, 5.74) is -1.10. The molecule has 1 rings (SSSR count). The summed E-state index contributed by atoms with van der Waals surface area (Å²) in [5.74, 6) is -1.08. The minimum Gasteiger partial charge on any atom is -0.389 e. The summed E-state index contributed by atoms with van der Waals surface area (Å²) in [6.07, 6.45) is 0. The lowest BCUT2D eigenvalue weighted by molar-refractivity contribution is 0.0312. The number of halogens is 2. The van der Waals surface area contributed by atoms with E-state index >= 15 is 0 Å². The summed E-state index contributed by atoms with van der Waals surface area (Å²) in [6.45, 7) is 5.48. The molecule has 0 saturated carbocycles. The van der Waals surface area contributed by atoms with Gasteiger partial charge in [0.25, 0.3) is 5.91 Å². The highest BCUT2D eigenvalue weighted by Gasteiger charge is 2.24. The molecule has 0 unspecified atom stereocenters. The van der Waals surface area contributed by atoms with Crippen molar-refractivity contribution in [1.29, 1.82) is 0 Å².